The van der Waals surface area contributed by atoms with Crippen LogP contribution in [0.25, 0.3) is 11.5 Å². The molecule has 0 bridgehead atoms. The summed E-state index contributed by atoms with van der Waals surface area (Å²) in [4.78, 5) is 20.2. The second-order valence-corrected chi connectivity index (χ2v) is 7.24. The standard InChI is InChI=1S/C17H21ClN4O3/c1-17(2,3)24-16(23)22-10-8-21(9-11-22)15-19-14(25-20-15)12-6-4-5-7-13(12)18/h4-7H,8-11H2,1-3H3. The van der Waals surface area contributed by atoms with Gasteiger partial charge in [0.25, 0.3) is 11.8 Å². The molecule has 0 saturated carbocycles. The van der Waals surface area contributed by atoms with Crippen molar-refractivity contribution in [2.24, 2.45) is 0 Å². The third-order valence-electron chi connectivity index (χ3n) is 3.73. The van der Waals surface area contributed by atoms with E-state index in [4.69, 9.17) is 20.9 Å². The molecule has 0 unspecified atom stereocenters. The minimum atomic E-state index is -0.494. The lowest BCUT2D eigenvalue weighted by atomic mass is 10.2. The van der Waals surface area contributed by atoms with Crippen molar-refractivity contribution in [1.82, 2.24) is 15.0 Å². The summed E-state index contributed by atoms with van der Waals surface area (Å²) in [5, 5.41) is 4.60. The molecule has 3 rings (SSSR count). The normalized spacial score (nSPS) is 15.4. The minimum absolute atomic E-state index is 0.294. The largest absolute Gasteiger partial charge is 0.444 e. The number of halogens is 1. The van der Waals surface area contributed by atoms with Gasteiger partial charge in [-0.15, -0.1) is 0 Å². The lowest BCUT2D eigenvalue weighted by Crippen LogP contribution is -2.50. The van der Waals surface area contributed by atoms with Crippen LogP contribution in [0.4, 0.5) is 10.7 Å². The molecule has 1 aromatic carbocycles. The number of hydrogen-bond donors (Lipinski definition) is 0. The number of amides is 1. The Hall–Kier alpha value is -2.28. The first-order valence-corrected chi connectivity index (χ1v) is 8.53. The predicted molar refractivity (Wildman–Crippen MR) is 94.8 cm³/mol. The molecular formula is C17H21ClN4O3. The van der Waals surface area contributed by atoms with Gasteiger partial charge in [0.2, 0.25) is 0 Å². The maximum Gasteiger partial charge on any atom is 0.410 e. The van der Waals surface area contributed by atoms with Crippen LogP contribution in [0.5, 0.6) is 0 Å². The van der Waals surface area contributed by atoms with Crippen molar-refractivity contribution in [3.8, 4) is 11.5 Å². The molecule has 2 aromatic rings. The summed E-state index contributed by atoms with van der Waals surface area (Å²) in [6.07, 6.45) is -0.294. The van der Waals surface area contributed by atoms with Gasteiger partial charge in [-0.05, 0) is 38.1 Å². The molecule has 134 valence electrons. The Labute approximate surface area is 151 Å². The zero-order valence-corrected chi connectivity index (χ0v) is 15.3. The van der Waals surface area contributed by atoms with Crippen LogP contribution >= 0.6 is 11.6 Å². The molecule has 1 saturated heterocycles. The van der Waals surface area contributed by atoms with Crippen molar-refractivity contribution in [2.45, 2.75) is 26.4 Å². The van der Waals surface area contributed by atoms with Gasteiger partial charge >= 0.3 is 6.09 Å². The van der Waals surface area contributed by atoms with E-state index >= 15 is 0 Å². The quantitative estimate of drug-likeness (QED) is 0.812. The Bertz CT molecular complexity index is 748. The van der Waals surface area contributed by atoms with Gasteiger partial charge in [-0.3, -0.25) is 0 Å². The smallest absolute Gasteiger partial charge is 0.410 e. The molecule has 2 heterocycles. The number of anilines is 1. The second kappa shape index (κ2) is 6.92. The molecule has 1 aliphatic rings. The van der Waals surface area contributed by atoms with E-state index in [-0.39, 0.29) is 6.09 Å². The third-order valence-corrected chi connectivity index (χ3v) is 4.06. The van der Waals surface area contributed by atoms with Crippen LogP contribution in [0.1, 0.15) is 20.8 Å². The van der Waals surface area contributed by atoms with Crippen molar-refractivity contribution in [1.29, 1.82) is 0 Å². The number of carbonyl (C=O) groups is 1. The fraction of sp³-hybridized carbons (Fsp3) is 0.471. The molecule has 0 radical (unpaired) electrons. The van der Waals surface area contributed by atoms with Gasteiger partial charge in [0.15, 0.2) is 0 Å². The topological polar surface area (TPSA) is 71.7 Å². The number of nitrogens with zero attached hydrogens (tertiary/aromatic N) is 4. The highest BCUT2D eigenvalue weighted by Crippen LogP contribution is 2.27. The van der Waals surface area contributed by atoms with Gasteiger partial charge in [0.1, 0.15) is 5.60 Å². The molecule has 0 N–H and O–H groups in total. The Morgan fingerprint density at radius 2 is 1.88 bits per heavy atom. The molecular weight excluding hydrogens is 344 g/mol. The van der Waals surface area contributed by atoms with E-state index in [1.165, 1.54) is 0 Å². The van der Waals surface area contributed by atoms with E-state index in [2.05, 4.69) is 10.1 Å². The highest BCUT2D eigenvalue weighted by atomic mass is 35.5. The monoisotopic (exact) mass is 364 g/mol. The van der Waals surface area contributed by atoms with Gasteiger partial charge in [-0.25, -0.2) is 4.79 Å². The molecule has 0 aliphatic carbocycles. The number of aromatic nitrogens is 2. The van der Waals surface area contributed by atoms with Crippen LogP contribution in [0.15, 0.2) is 28.8 Å². The zero-order valence-electron chi connectivity index (χ0n) is 14.5. The molecule has 1 aromatic heterocycles. The molecule has 1 fully saturated rings. The summed E-state index contributed by atoms with van der Waals surface area (Å²) in [6.45, 7) is 7.89. The minimum Gasteiger partial charge on any atom is -0.444 e. The number of hydrogen-bond acceptors (Lipinski definition) is 6. The van der Waals surface area contributed by atoms with E-state index in [0.717, 1.165) is 0 Å². The third kappa shape index (κ3) is 4.22. The van der Waals surface area contributed by atoms with Crippen molar-refractivity contribution in [3.63, 3.8) is 0 Å². The summed E-state index contributed by atoms with van der Waals surface area (Å²) >= 11 is 6.16. The van der Waals surface area contributed by atoms with Crippen LogP contribution in [0.2, 0.25) is 5.02 Å². The first-order chi connectivity index (χ1) is 11.8. The first kappa shape index (κ1) is 17.5. The van der Waals surface area contributed by atoms with Crippen LogP contribution in [-0.4, -0.2) is 52.9 Å². The number of carbonyl (C=O) groups excluding carboxylic acids is 1. The summed E-state index contributed by atoms with van der Waals surface area (Å²) < 4.78 is 10.7. The van der Waals surface area contributed by atoms with Crippen LogP contribution < -0.4 is 4.90 Å². The van der Waals surface area contributed by atoms with Gasteiger partial charge < -0.3 is 19.1 Å². The van der Waals surface area contributed by atoms with Crippen molar-refractivity contribution < 1.29 is 14.1 Å². The highest BCUT2D eigenvalue weighted by molar-refractivity contribution is 6.33. The van der Waals surface area contributed by atoms with Gasteiger partial charge in [-0.2, -0.15) is 4.98 Å². The van der Waals surface area contributed by atoms with E-state index < -0.39 is 5.60 Å². The maximum absolute atomic E-state index is 12.1. The van der Waals surface area contributed by atoms with Crippen LogP contribution in [-0.2, 0) is 4.74 Å². The molecule has 8 heteroatoms. The Morgan fingerprint density at radius 1 is 1.20 bits per heavy atom. The predicted octanol–water partition coefficient (Wildman–Crippen LogP) is 3.45. The van der Waals surface area contributed by atoms with E-state index in [1.807, 2.05) is 43.9 Å². The molecule has 0 spiro atoms. The van der Waals surface area contributed by atoms with Crippen molar-refractivity contribution in [3.05, 3.63) is 29.3 Å². The van der Waals surface area contributed by atoms with Gasteiger partial charge in [0, 0.05) is 26.2 Å². The highest BCUT2D eigenvalue weighted by Gasteiger charge is 2.27. The average Bonchev–Trinajstić information content (AvgIpc) is 3.03. The molecule has 1 aliphatic heterocycles. The molecule has 0 atom stereocenters. The number of piperazine rings is 1. The van der Waals surface area contributed by atoms with Gasteiger partial charge in [-0.1, -0.05) is 23.7 Å². The molecule has 1 amide bonds. The number of benzene rings is 1. The lowest BCUT2D eigenvalue weighted by molar-refractivity contribution is 0.0240. The fourth-order valence-corrected chi connectivity index (χ4v) is 2.72. The maximum atomic E-state index is 12.1. The molecule has 7 nitrogen and oxygen atoms in total. The van der Waals surface area contributed by atoms with Crippen LogP contribution in [0.3, 0.4) is 0 Å². The second-order valence-electron chi connectivity index (χ2n) is 6.83. The van der Waals surface area contributed by atoms with Crippen LogP contribution in [0, 0.1) is 0 Å². The van der Waals surface area contributed by atoms with E-state index in [0.29, 0.717) is 48.6 Å². The summed E-state index contributed by atoms with van der Waals surface area (Å²) in [7, 11) is 0. The molecule has 25 heavy (non-hydrogen) atoms. The van der Waals surface area contributed by atoms with Gasteiger partial charge in [0.05, 0.1) is 10.6 Å². The first-order valence-electron chi connectivity index (χ1n) is 8.15. The number of rotatable bonds is 2. The SMILES string of the molecule is CC(C)(C)OC(=O)N1CCN(c2noc(-c3ccccc3Cl)n2)CC1. The average molecular weight is 365 g/mol. The van der Waals surface area contributed by atoms with E-state index in [9.17, 15) is 4.79 Å². The number of ether oxygens (including phenoxy) is 1. The Kier molecular flexibility index (Phi) is 4.85. The van der Waals surface area contributed by atoms with E-state index in [1.54, 1.807) is 11.0 Å². The Balaban J connectivity index is 1.63. The summed E-state index contributed by atoms with van der Waals surface area (Å²) in [6, 6.07) is 7.32. The van der Waals surface area contributed by atoms with Crippen molar-refractivity contribution in [2.75, 3.05) is 31.1 Å². The Morgan fingerprint density at radius 3 is 2.52 bits per heavy atom. The summed E-state index contributed by atoms with van der Waals surface area (Å²) in [5.74, 6) is 0.883. The fourth-order valence-electron chi connectivity index (χ4n) is 2.50. The summed E-state index contributed by atoms with van der Waals surface area (Å²) in [5.41, 5.74) is 0.210. The van der Waals surface area contributed by atoms with Crippen molar-refractivity contribution >= 4 is 23.6 Å². The zero-order chi connectivity index (χ0) is 18.0. The lowest BCUT2D eigenvalue weighted by Gasteiger charge is -2.34.